The van der Waals surface area contributed by atoms with E-state index in [0.29, 0.717) is 6.42 Å². The highest BCUT2D eigenvalue weighted by Crippen LogP contribution is 2.32. The molecule has 1 atom stereocenters. The zero-order valence-electron chi connectivity index (χ0n) is 15.3. The first-order valence-corrected chi connectivity index (χ1v) is 9.76. The van der Waals surface area contributed by atoms with Gasteiger partial charge in [0.2, 0.25) is 0 Å². The summed E-state index contributed by atoms with van der Waals surface area (Å²) in [6, 6.07) is 9.52. The van der Waals surface area contributed by atoms with Crippen LogP contribution in [0, 0.1) is 0 Å². The third-order valence-electron chi connectivity index (χ3n) is 3.22. The highest BCUT2D eigenvalue weighted by Gasteiger charge is 2.31. The first kappa shape index (κ1) is 20.6. The van der Waals surface area contributed by atoms with Crippen LogP contribution in [0.1, 0.15) is 58.9 Å². The van der Waals surface area contributed by atoms with Gasteiger partial charge in [-0.25, -0.2) is 0 Å². The van der Waals surface area contributed by atoms with E-state index in [4.69, 9.17) is 8.92 Å². The molecule has 136 valence electrons. The molecule has 0 N–H and O–H groups in total. The summed E-state index contributed by atoms with van der Waals surface area (Å²) in [5, 5.41) is 0. The highest BCUT2D eigenvalue weighted by molar-refractivity contribution is 7.86. The van der Waals surface area contributed by atoms with E-state index in [1.165, 1.54) is 0 Å². The van der Waals surface area contributed by atoms with E-state index in [2.05, 4.69) is 0 Å². The van der Waals surface area contributed by atoms with Crippen LogP contribution in [-0.4, -0.2) is 31.8 Å². The highest BCUT2D eigenvalue weighted by atomic mass is 32.2. The lowest BCUT2D eigenvalue weighted by Crippen LogP contribution is -2.31. The number of hydrogen-bond donors (Lipinski definition) is 0. The first-order valence-electron chi connectivity index (χ1n) is 7.95. The van der Waals surface area contributed by atoms with Crippen LogP contribution in [0.4, 0.5) is 0 Å². The Balaban J connectivity index is 2.97. The van der Waals surface area contributed by atoms with Crippen LogP contribution >= 0.6 is 0 Å². The Morgan fingerprint density at radius 1 is 1.08 bits per heavy atom. The first-order chi connectivity index (χ1) is 10.8. The molecule has 0 radical (unpaired) electrons. The summed E-state index contributed by atoms with van der Waals surface area (Å²) in [5.41, 5.74) is -0.527. The molecule has 1 rings (SSSR count). The second-order valence-electron chi connectivity index (χ2n) is 7.65. The lowest BCUT2D eigenvalue weighted by molar-refractivity contribution is -0.155. The minimum atomic E-state index is -3.58. The van der Waals surface area contributed by atoms with Crippen molar-refractivity contribution < 1.29 is 22.1 Å². The van der Waals surface area contributed by atoms with E-state index >= 15 is 0 Å². The predicted octanol–water partition coefficient (Wildman–Crippen LogP) is 3.65. The molecule has 0 fully saturated rings. The summed E-state index contributed by atoms with van der Waals surface area (Å²) in [7, 11) is -3.58. The average molecular weight is 356 g/mol. The fourth-order valence-corrected chi connectivity index (χ4v) is 3.54. The van der Waals surface area contributed by atoms with Gasteiger partial charge in [-0.2, -0.15) is 8.42 Å². The van der Waals surface area contributed by atoms with Crippen LogP contribution in [0.2, 0.25) is 0 Å². The van der Waals surface area contributed by atoms with Crippen LogP contribution in [0.15, 0.2) is 30.3 Å². The standard InChI is InChI=1S/C18H28O5S/c1-17(2,3)22-16(19)12-15(14-10-8-7-9-11-14)13-18(4,5)23-24(6,20)21/h7-11,15H,12-13H2,1-6H3/t15-/m0/s1. The molecule has 0 spiro atoms. The second-order valence-corrected chi connectivity index (χ2v) is 9.22. The zero-order chi connectivity index (χ0) is 18.6. The summed E-state index contributed by atoms with van der Waals surface area (Å²) in [6.07, 6.45) is 1.57. The SMILES string of the molecule is CC(C)(C)OC(=O)C[C@@H](CC(C)(C)OS(C)(=O)=O)c1ccccc1. The van der Waals surface area contributed by atoms with Gasteiger partial charge in [0, 0.05) is 0 Å². The molecule has 0 saturated heterocycles. The Kier molecular flexibility index (Phi) is 6.59. The van der Waals surface area contributed by atoms with Crippen molar-refractivity contribution in [2.75, 3.05) is 6.26 Å². The second kappa shape index (κ2) is 7.66. The molecule has 0 saturated carbocycles. The Bertz CT molecular complexity index is 642. The van der Waals surface area contributed by atoms with Gasteiger partial charge in [-0.3, -0.25) is 8.98 Å². The maximum atomic E-state index is 12.2. The molecule has 0 aliphatic heterocycles. The molecule has 6 heteroatoms. The summed E-state index contributed by atoms with van der Waals surface area (Å²) in [4.78, 5) is 12.2. The van der Waals surface area contributed by atoms with Gasteiger partial charge < -0.3 is 4.74 Å². The van der Waals surface area contributed by atoms with Crippen molar-refractivity contribution >= 4 is 16.1 Å². The van der Waals surface area contributed by atoms with Crippen LogP contribution in [-0.2, 0) is 23.8 Å². The van der Waals surface area contributed by atoms with E-state index in [0.717, 1.165) is 11.8 Å². The van der Waals surface area contributed by atoms with Crippen LogP contribution in [0.25, 0.3) is 0 Å². The Hall–Kier alpha value is -1.40. The fourth-order valence-electron chi connectivity index (χ4n) is 2.65. The van der Waals surface area contributed by atoms with E-state index in [-0.39, 0.29) is 18.3 Å². The molecule has 5 nitrogen and oxygen atoms in total. The number of rotatable bonds is 7. The van der Waals surface area contributed by atoms with Gasteiger partial charge in [0.15, 0.2) is 0 Å². The average Bonchev–Trinajstić information content (AvgIpc) is 2.33. The van der Waals surface area contributed by atoms with Gasteiger partial charge in [-0.05, 0) is 52.5 Å². The number of ether oxygens (including phenoxy) is 1. The van der Waals surface area contributed by atoms with Crippen molar-refractivity contribution in [3.05, 3.63) is 35.9 Å². The third kappa shape index (κ3) is 8.45. The van der Waals surface area contributed by atoms with Gasteiger partial charge in [0.25, 0.3) is 10.1 Å². The molecule has 1 aromatic rings. The number of carbonyl (C=O) groups is 1. The topological polar surface area (TPSA) is 69.7 Å². The van der Waals surface area contributed by atoms with Crippen molar-refractivity contribution in [2.24, 2.45) is 0 Å². The lowest BCUT2D eigenvalue weighted by Gasteiger charge is -2.29. The molecule has 0 unspecified atom stereocenters. The molecular formula is C18H28O5S. The quantitative estimate of drug-likeness (QED) is 0.551. The maximum absolute atomic E-state index is 12.2. The van der Waals surface area contributed by atoms with Gasteiger partial charge in [-0.15, -0.1) is 0 Å². The van der Waals surface area contributed by atoms with Crippen molar-refractivity contribution in [3.63, 3.8) is 0 Å². The summed E-state index contributed by atoms with van der Waals surface area (Å²) >= 11 is 0. The molecule has 0 aromatic heterocycles. The van der Waals surface area contributed by atoms with Crippen molar-refractivity contribution in [1.82, 2.24) is 0 Å². The minimum Gasteiger partial charge on any atom is -0.460 e. The van der Waals surface area contributed by atoms with Gasteiger partial charge in [-0.1, -0.05) is 30.3 Å². The van der Waals surface area contributed by atoms with Crippen LogP contribution in [0.5, 0.6) is 0 Å². The Labute approximate surface area is 145 Å². The van der Waals surface area contributed by atoms with Crippen molar-refractivity contribution in [3.8, 4) is 0 Å². The molecule has 0 heterocycles. The summed E-state index contributed by atoms with van der Waals surface area (Å²) < 4.78 is 33.5. The summed E-state index contributed by atoms with van der Waals surface area (Å²) in [6.45, 7) is 8.87. The smallest absolute Gasteiger partial charge is 0.306 e. The number of hydrogen-bond acceptors (Lipinski definition) is 5. The van der Waals surface area contributed by atoms with E-state index in [1.807, 2.05) is 51.1 Å². The molecular weight excluding hydrogens is 328 g/mol. The normalized spacial score (nSPS) is 14.2. The molecule has 0 amide bonds. The molecule has 1 aromatic carbocycles. The molecule has 0 aliphatic rings. The third-order valence-corrected chi connectivity index (χ3v) is 3.97. The summed E-state index contributed by atoms with van der Waals surface area (Å²) in [5.74, 6) is -0.510. The number of carbonyl (C=O) groups excluding carboxylic acids is 1. The monoisotopic (exact) mass is 356 g/mol. The lowest BCUT2D eigenvalue weighted by atomic mass is 9.85. The predicted molar refractivity (Wildman–Crippen MR) is 94.3 cm³/mol. The largest absolute Gasteiger partial charge is 0.460 e. The zero-order valence-corrected chi connectivity index (χ0v) is 16.1. The Morgan fingerprint density at radius 2 is 1.62 bits per heavy atom. The maximum Gasteiger partial charge on any atom is 0.306 e. The Morgan fingerprint density at radius 3 is 2.08 bits per heavy atom. The van der Waals surface area contributed by atoms with Crippen molar-refractivity contribution in [1.29, 1.82) is 0 Å². The molecule has 0 aliphatic carbocycles. The minimum absolute atomic E-state index is 0.165. The van der Waals surface area contributed by atoms with E-state index < -0.39 is 21.3 Å². The van der Waals surface area contributed by atoms with Gasteiger partial charge >= 0.3 is 5.97 Å². The van der Waals surface area contributed by atoms with Gasteiger partial charge in [0.05, 0.1) is 18.3 Å². The molecule has 0 bridgehead atoms. The number of benzene rings is 1. The molecule has 24 heavy (non-hydrogen) atoms. The van der Waals surface area contributed by atoms with Crippen LogP contribution in [0.3, 0.4) is 0 Å². The van der Waals surface area contributed by atoms with E-state index in [1.54, 1.807) is 13.8 Å². The van der Waals surface area contributed by atoms with Gasteiger partial charge in [0.1, 0.15) is 5.60 Å². The van der Waals surface area contributed by atoms with E-state index in [9.17, 15) is 13.2 Å². The number of esters is 1. The van der Waals surface area contributed by atoms with Crippen molar-refractivity contribution in [2.45, 2.75) is 64.6 Å². The fraction of sp³-hybridized carbons (Fsp3) is 0.611. The van der Waals surface area contributed by atoms with Crippen LogP contribution < -0.4 is 0 Å².